The van der Waals surface area contributed by atoms with E-state index in [-0.39, 0.29) is 18.0 Å². The topological polar surface area (TPSA) is 85.0 Å². The number of benzene rings is 1. The molecular formula is C24H37ClN2O4. The summed E-state index contributed by atoms with van der Waals surface area (Å²) in [6, 6.07) is 1.85. The number of carboxylic acid groups (broad SMARTS) is 1. The van der Waals surface area contributed by atoms with Crippen LogP contribution in [0.2, 0.25) is 5.02 Å². The van der Waals surface area contributed by atoms with Crippen LogP contribution in [0.25, 0.3) is 0 Å². The van der Waals surface area contributed by atoms with Gasteiger partial charge < -0.3 is 25.2 Å². The SMILES string of the molecule is CCCCCCCCCN1CCC(Cc2cc(Cl)c(N)c3c2OCC(C(=O)O)O3)CC1. The maximum absolute atomic E-state index is 11.3. The first kappa shape index (κ1) is 24.0. The Labute approximate surface area is 191 Å². The van der Waals surface area contributed by atoms with E-state index >= 15 is 0 Å². The van der Waals surface area contributed by atoms with Crippen molar-refractivity contribution >= 4 is 23.3 Å². The van der Waals surface area contributed by atoms with Crippen LogP contribution in [-0.4, -0.2) is 48.3 Å². The van der Waals surface area contributed by atoms with Crippen molar-refractivity contribution in [1.29, 1.82) is 0 Å². The monoisotopic (exact) mass is 452 g/mol. The summed E-state index contributed by atoms with van der Waals surface area (Å²) < 4.78 is 11.4. The molecule has 3 rings (SSSR count). The highest BCUT2D eigenvalue weighted by atomic mass is 35.5. The molecule has 0 amide bonds. The van der Waals surface area contributed by atoms with Gasteiger partial charge in [-0.05, 0) is 62.9 Å². The minimum atomic E-state index is -1.07. The van der Waals surface area contributed by atoms with Gasteiger partial charge in [0.05, 0.1) is 10.7 Å². The average Bonchev–Trinajstić information content (AvgIpc) is 2.77. The molecule has 3 N–H and O–H groups in total. The van der Waals surface area contributed by atoms with E-state index in [1.807, 2.05) is 6.07 Å². The number of nitrogens with zero attached hydrogens (tertiary/aromatic N) is 1. The fourth-order valence-corrected chi connectivity index (χ4v) is 4.79. The summed E-state index contributed by atoms with van der Waals surface area (Å²) in [6.45, 7) is 5.70. The fourth-order valence-electron chi connectivity index (χ4n) is 4.57. The van der Waals surface area contributed by atoms with E-state index < -0.39 is 12.1 Å². The number of nitrogen functional groups attached to an aromatic ring is 1. The molecule has 0 saturated carbocycles. The van der Waals surface area contributed by atoms with E-state index in [0.29, 0.717) is 16.7 Å². The van der Waals surface area contributed by atoms with Crippen molar-refractivity contribution < 1.29 is 19.4 Å². The maximum Gasteiger partial charge on any atom is 0.348 e. The Morgan fingerprint density at radius 1 is 1.16 bits per heavy atom. The van der Waals surface area contributed by atoms with E-state index in [1.54, 1.807) is 0 Å². The summed E-state index contributed by atoms with van der Waals surface area (Å²) in [6.07, 6.45) is 11.5. The van der Waals surface area contributed by atoms with Crippen LogP contribution in [0.3, 0.4) is 0 Å². The van der Waals surface area contributed by atoms with E-state index in [9.17, 15) is 9.90 Å². The number of unbranched alkanes of at least 4 members (excludes halogenated alkanes) is 6. The number of nitrogens with two attached hydrogens (primary N) is 1. The summed E-state index contributed by atoms with van der Waals surface area (Å²) in [7, 11) is 0. The zero-order chi connectivity index (χ0) is 22.2. The zero-order valence-electron chi connectivity index (χ0n) is 18.7. The van der Waals surface area contributed by atoms with E-state index in [4.69, 9.17) is 26.8 Å². The van der Waals surface area contributed by atoms with Crippen LogP contribution in [-0.2, 0) is 11.2 Å². The Morgan fingerprint density at radius 2 is 1.84 bits per heavy atom. The Balaban J connectivity index is 1.47. The van der Waals surface area contributed by atoms with Gasteiger partial charge in [0.15, 0.2) is 11.5 Å². The lowest BCUT2D eigenvalue weighted by atomic mass is 9.89. The molecule has 31 heavy (non-hydrogen) atoms. The number of carboxylic acids is 1. The number of ether oxygens (including phenoxy) is 2. The van der Waals surface area contributed by atoms with Crippen molar-refractivity contribution in [2.45, 2.75) is 77.2 Å². The molecule has 1 aromatic rings. The van der Waals surface area contributed by atoms with Crippen molar-refractivity contribution in [3.05, 3.63) is 16.7 Å². The van der Waals surface area contributed by atoms with Crippen molar-refractivity contribution in [2.75, 3.05) is 32.0 Å². The van der Waals surface area contributed by atoms with Gasteiger partial charge in [-0.3, -0.25) is 0 Å². The highest BCUT2D eigenvalue weighted by molar-refractivity contribution is 6.33. The molecule has 1 saturated heterocycles. The third kappa shape index (κ3) is 6.66. The minimum Gasteiger partial charge on any atom is -0.485 e. The Kier molecular flexibility index (Phi) is 9.15. The molecule has 2 aliphatic rings. The molecule has 7 heteroatoms. The lowest BCUT2D eigenvalue weighted by Crippen LogP contribution is -2.37. The summed E-state index contributed by atoms with van der Waals surface area (Å²) in [5, 5.41) is 9.61. The Bertz CT molecular complexity index is 735. The first-order valence-corrected chi connectivity index (χ1v) is 12.2. The molecule has 0 spiro atoms. The molecule has 0 aromatic heterocycles. The molecule has 2 heterocycles. The summed E-state index contributed by atoms with van der Waals surface area (Å²) >= 11 is 6.31. The first-order chi connectivity index (χ1) is 15.0. The van der Waals surface area contributed by atoms with E-state index in [0.717, 1.165) is 37.9 Å². The number of piperidine rings is 1. The van der Waals surface area contributed by atoms with Gasteiger partial charge in [0.1, 0.15) is 6.61 Å². The van der Waals surface area contributed by atoms with Crippen molar-refractivity contribution in [2.24, 2.45) is 5.92 Å². The summed E-state index contributed by atoms with van der Waals surface area (Å²) in [4.78, 5) is 13.9. The van der Waals surface area contributed by atoms with Crippen molar-refractivity contribution in [3.8, 4) is 11.5 Å². The molecule has 0 bridgehead atoms. The second-order valence-corrected chi connectivity index (χ2v) is 9.36. The molecule has 1 atom stereocenters. The zero-order valence-corrected chi connectivity index (χ0v) is 19.5. The highest BCUT2D eigenvalue weighted by Crippen LogP contribution is 2.45. The van der Waals surface area contributed by atoms with Gasteiger partial charge in [0.25, 0.3) is 0 Å². The van der Waals surface area contributed by atoms with Crippen molar-refractivity contribution in [3.63, 3.8) is 0 Å². The first-order valence-electron chi connectivity index (χ1n) is 11.8. The second-order valence-electron chi connectivity index (χ2n) is 8.96. The van der Waals surface area contributed by atoms with E-state index in [2.05, 4.69) is 11.8 Å². The van der Waals surface area contributed by atoms with Crippen LogP contribution < -0.4 is 15.2 Å². The minimum absolute atomic E-state index is 0.0205. The third-order valence-corrected chi connectivity index (χ3v) is 6.82. The summed E-state index contributed by atoms with van der Waals surface area (Å²) in [5.74, 6) is 0.317. The maximum atomic E-state index is 11.3. The Hall–Kier alpha value is -1.66. The normalized spacial score (nSPS) is 19.5. The predicted molar refractivity (Wildman–Crippen MR) is 124 cm³/mol. The number of hydrogen-bond acceptors (Lipinski definition) is 5. The van der Waals surface area contributed by atoms with Crippen LogP contribution in [0.1, 0.15) is 70.3 Å². The predicted octanol–water partition coefficient (Wildman–Crippen LogP) is 5.15. The lowest BCUT2D eigenvalue weighted by molar-refractivity contribution is -0.147. The number of aliphatic carboxylic acids is 1. The van der Waals surface area contributed by atoms with Crippen molar-refractivity contribution in [1.82, 2.24) is 4.90 Å². The Morgan fingerprint density at radius 3 is 2.52 bits per heavy atom. The summed E-state index contributed by atoms with van der Waals surface area (Å²) in [5.41, 5.74) is 7.25. The van der Waals surface area contributed by atoms with Gasteiger partial charge in [0.2, 0.25) is 6.10 Å². The number of fused-ring (bicyclic) bond motifs is 1. The molecule has 0 aliphatic carbocycles. The molecule has 1 unspecified atom stereocenters. The van der Waals surface area contributed by atoms with Crippen LogP contribution in [0.4, 0.5) is 5.69 Å². The smallest absolute Gasteiger partial charge is 0.348 e. The molecule has 0 radical (unpaired) electrons. The number of hydrogen-bond donors (Lipinski definition) is 2. The lowest BCUT2D eigenvalue weighted by Gasteiger charge is -2.33. The average molecular weight is 453 g/mol. The fraction of sp³-hybridized carbons (Fsp3) is 0.708. The molecule has 6 nitrogen and oxygen atoms in total. The van der Waals surface area contributed by atoms with Gasteiger partial charge in [-0.15, -0.1) is 0 Å². The molecule has 174 valence electrons. The largest absolute Gasteiger partial charge is 0.485 e. The molecule has 2 aliphatic heterocycles. The number of carbonyl (C=O) groups is 1. The molecule has 1 aromatic carbocycles. The molecular weight excluding hydrogens is 416 g/mol. The van der Waals surface area contributed by atoms with Gasteiger partial charge in [0, 0.05) is 0 Å². The van der Waals surface area contributed by atoms with Crippen LogP contribution in [0.5, 0.6) is 11.5 Å². The standard InChI is InChI=1S/C24H37ClN2O4/c1-2-3-4-5-6-7-8-11-27-12-9-17(10-13-27)14-18-15-19(25)21(26)23-22(18)30-16-20(31-23)24(28)29/h15,17,20H,2-14,16,26H2,1H3,(H,28,29). The van der Waals surface area contributed by atoms with Crippen LogP contribution in [0, 0.1) is 5.92 Å². The quantitative estimate of drug-likeness (QED) is 0.356. The number of rotatable bonds is 11. The second kappa shape index (κ2) is 11.8. The highest BCUT2D eigenvalue weighted by Gasteiger charge is 2.32. The third-order valence-electron chi connectivity index (χ3n) is 6.51. The number of anilines is 1. The number of halogens is 1. The van der Waals surface area contributed by atoms with Gasteiger partial charge in [-0.25, -0.2) is 4.79 Å². The molecule has 1 fully saturated rings. The van der Waals surface area contributed by atoms with Crippen LogP contribution >= 0.6 is 11.6 Å². The van der Waals surface area contributed by atoms with Gasteiger partial charge in [-0.1, -0.05) is 57.0 Å². The van der Waals surface area contributed by atoms with Gasteiger partial charge in [-0.2, -0.15) is 0 Å². The van der Waals surface area contributed by atoms with Crippen LogP contribution in [0.15, 0.2) is 6.07 Å². The van der Waals surface area contributed by atoms with Gasteiger partial charge >= 0.3 is 5.97 Å². The van der Waals surface area contributed by atoms with E-state index in [1.165, 1.54) is 51.5 Å². The number of likely N-dealkylation sites (tertiary alicyclic amines) is 1.